The van der Waals surface area contributed by atoms with E-state index in [1.54, 1.807) is 0 Å². The van der Waals surface area contributed by atoms with E-state index in [1.807, 2.05) is 80.8 Å². The molecule has 1 aliphatic heterocycles. The monoisotopic (exact) mass is 387 g/mol. The van der Waals surface area contributed by atoms with E-state index in [0.29, 0.717) is 11.2 Å². The zero-order valence-electron chi connectivity index (χ0n) is 17.1. The minimum Gasteiger partial charge on any atom is -0.399 e. The molecule has 0 saturated carbocycles. The largest absolute Gasteiger partial charge is 0.494 e. The van der Waals surface area contributed by atoms with Gasteiger partial charge in [-0.3, -0.25) is 0 Å². The van der Waals surface area contributed by atoms with Crippen molar-refractivity contribution in [3.8, 4) is 5.69 Å². The van der Waals surface area contributed by atoms with E-state index in [1.165, 1.54) is 6.07 Å². The highest BCUT2D eigenvalue weighted by atomic mass is 19.1. The minimum atomic E-state index is -0.582. The van der Waals surface area contributed by atoms with Crippen LogP contribution in [0.15, 0.2) is 66.7 Å². The Hall–Kier alpha value is -2.63. The number of rotatable bonds is 2. The molecule has 3 nitrogen and oxygen atoms in total. The smallest absolute Gasteiger partial charge is 0.399 e. The minimum absolute atomic E-state index is 0.302. The Morgan fingerprint density at radius 1 is 0.759 bits per heavy atom. The lowest BCUT2D eigenvalue weighted by Gasteiger charge is -2.32. The fraction of sp³-hybridized carbons (Fsp3) is 0.250. The van der Waals surface area contributed by atoms with Crippen molar-refractivity contribution in [2.45, 2.75) is 38.9 Å². The van der Waals surface area contributed by atoms with Crippen LogP contribution in [0.2, 0.25) is 0 Å². The van der Waals surface area contributed by atoms with Gasteiger partial charge in [-0.05, 0) is 57.4 Å². The van der Waals surface area contributed by atoms with Gasteiger partial charge in [0.05, 0.1) is 27.9 Å². The van der Waals surface area contributed by atoms with E-state index in [0.717, 1.165) is 21.8 Å². The number of halogens is 1. The summed E-state index contributed by atoms with van der Waals surface area (Å²) in [6.45, 7) is 7.98. The zero-order valence-corrected chi connectivity index (χ0v) is 17.1. The molecule has 3 aromatic carbocycles. The van der Waals surface area contributed by atoms with Gasteiger partial charge in [-0.15, -0.1) is 0 Å². The lowest BCUT2D eigenvalue weighted by atomic mass is 9.79. The molecule has 0 atom stereocenters. The number of hydrogen-bond donors (Lipinski definition) is 0. The van der Waals surface area contributed by atoms with E-state index in [-0.39, 0.29) is 5.82 Å². The number of benzene rings is 3. The van der Waals surface area contributed by atoms with Gasteiger partial charge in [0, 0.05) is 10.8 Å². The van der Waals surface area contributed by atoms with Crippen LogP contribution >= 0.6 is 0 Å². The third kappa shape index (κ3) is 2.72. The van der Waals surface area contributed by atoms with E-state index < -0.39 is 18.3 Å². The molecule has 146 valence electrons. The Labute approximate surface area is 170 Å². The lowest BCUT2D eigenvalue weighted by molar-refractivity contribution is 0.00578. The van der Waals surface area contributed by atoms with Gasteiger partial charge in [0.25, 0.3) is 0 Å². The average molecular weight is 387 g/mol. The van der Waals surface area contributed by atoms with Gasteiger partial charge in [-0.2, -0.15) is 0 Å². The summed E-state index contributed by atoms with van der Waals surface area (Å²) < 4.78 is 29.5. The summed E-state index contributed by atoms with van der Waals surface area (Å²) in [5.74, 6) is -0.302. The van der Waals surface area contributed by atoms with Crippen molar-refractivity contribution in [1.29, 1.82) is 0 Å². The van der Waals surface area contributed by atoms with Gasteiger partial charge in [0.1, 0.15) is 5.82 Å². The fourth-order valence-electron chi connectivity index (χ4n) is 4.01. The van der Waals surface area contributed by atoms with E-state index in [4.69, 9.17) is 9.31 Å². The molecule has 1 saturated heterocycles. The van der Waals surface area contributed by atoms with Crippen LogP contribution < -0.4 is 5.46 Å². The molecular weight excluding hydrogens is 364 g/mol. The van der Waals surface area contributed by atoms with Crippen molar-refractivity contribution in [1.82, 2.24) is 4.57 Å². The molecule has 4 aromatic rings. The highest BCUT2D eigenvalue weighted by Gasteiger charge is 2.51. The summed E-state index contributed by atoms with van der Waals surface area (Å²) in [4.78, 5) is 0. The van der Waals surface area contributed by atoms with E-state index >= 15 is 4.39 Å². The normalized spacial score (nSPS) is 18.0. The highest BCUT2D eigenvalue weighted by molar-refractivity contribution is 6.62. The first-order valence-corrected chi connectivity index (χ1v) is 9.92. The van der Waals surface area contributed by atoms with Crippen molar-refractivity contribution in [3.05, 3.63) is 72.5 Å². The van der Waals surface area contributed by atoms with Crippen LogP contribution in [-0.2, 0) is 9.31 Å². The maximum absolute atomic E-state index is 15.4. The highest BCUT2D eigenvalue weighted by Crippen LogP contribution is 2.37. The number of hydrogen-bond acceptors (Lipinski definition) is 2. The van der Waals surface area contributed by atoms with Crippen LogP contribution in [-0.4, -0.2) is 22.9 Å². The van der Waals surface area contributed by atoms with Crippen molar-refractivity contribution >= 4 is 34.4 Å². The Kier molecular flexibility index (Phi) is 3.93. The predicted octanol–water partition coefficient (Wildman–Crippen LogP) is 5.22. The van der Waals surface area contributed by atoms with E-state index in [2.05, 4.69) is 12.1 Å². The second kappa shape index (κ2) is 6.18. The third-order valence-electron chi connectivity index (χ3n) is 6.32. The summed E-state index contributed by atoms with van der Waals surface area (Å²) in [6, 6.07) is 21.4. The average Bonchev–Trinajstić information content (AvgIpc) is 3.12. The second-order valence-corrected chi connectivity index (χ2v) is 8.67. The van der Waals surface area contributed by atoms with Crippen molar-refractivity contribution in [2.24, 2.45) is 0 Å². The zero-order chi connectivity index (χ0) is 20.4. The first-order chi connectivity index (χ1) is 13.8. The molecule has 0 radical (unpaired) electrons. The van der Waals surface area contributed by atoms with Crippen LogP contribution in [0.25, 0.3) is 27.5 Å². The van der Waals surface area contributed by atoms with Crippen LogP contribution in [0, 0.1) is 5.82 Å². The Balaban J connectivity index is 1.64. The van der Waals surface area contributed by atoms with Gasteiger partial charge in [-0.1, -0.05) is 42.5 Å². The maximum Gasteiger partial charge on any atom is 0.494 e. The molecule has 0 spiro atoms. The van der Waals surface area contributed by atoms with Crippen molar-refractivity contribution in [2.75, 3.05) is 0 Å². The molecule has 0 N–H and O–H groups in total. The van der Waals surface area contributed by atoms with Gasteiger partial charge in [-0.25, -0.2) is 4.39 Å². The van der Waals surface area contributed by atoms with Crippen molar-refractivity contribution in [3.63, 3.8) is 0 Å². The molecular formula is C24H23BFNO2. The van der Waals surface area contributed by atoms with Crippen molar-refractivity contribution < 1.29 is 13.7 Å². The van der Waals surface area contributed by atoms with Crippen LogP contribution in [0.3, 0.4) is 0 Å². The molecule has 0 aliphatic carbocycles. The molecule has 0 bridgehead atoms. The second-order valence-electron chi connectivity index (χ2n) is 8.67. The fourth-order valence-corrected chi connectivity index (χ4v) is 4.01. The standard InChI is InChI=1S/C24H23BFNO2/c1-23(2)24(3,4)29-25(28-23)16-13-14-22(19(26)15-16)27-20-11-7-5-9-17(20)18-10-6-8-12-21(18)27/h5-15H,1-4H3. The van der Waals surface area contributed by atoms with Gasteiger partial charge >= 0.3 is 7.12 Å². The van der Waals surface area contributed by atoms with Crippen LogP contribution in [0.1, 0.15) is 27.7 Å². The molecule has 2 heterocycles. The molecule has 1 fully saturated rings. The molecule has 29 heavy (non-hydrogen) atoms. The molecule has 1 aliphatic rings. The molecule has 1 aromatic heterocycles. The molecule has 0 unspecified atom stereocenters. The quantitative estimate of drug-likeness (QED) is 0.440. The summed E-state index contributed by atoms with van der Waals surface area (Å²) in [5, 5.41) is 2.22. The Morgan fingerprint density at radius 3 is 1.79 bits per heavy atom. The SMILES string of the molecule is CC1(C)OB(c2ccc(-n3c4ccccc4c4ccccc43)c(F)c2)OC1(C)C. The van der Waals surface area contributed by atoms with Gasteiger partial charge in [0.15, 0.2) is 0 Å². The van der Waals surface area contributed by atoms with Gasteiger partial charge in [0.2, 0.25) is 0 Å². The van der Waals surface area contributed by atoms with Crippen LogP contribution in [0.4, 0.5) is 4.39 Å². The van der Waals surface area contributed by atoms with Crippen LogP contribution in [0.5, 0.6) is 0 Å². The number of para-hydroxylation sites is 2. The Bertz CT molecular complexity index is 1180. The maximum atomic E-state index is 15.4. The number of aromatic nitrogens is 1. The predicted molar refractivity (Wildman–Crippen MR) is 116 cm³/mol. The molecule has 5 heteroatoms. The number of fused-ring (bicyclic) bond motifs is 3. The first-order valence-electron chi connectivity index (χ1n) is 9.92. The molecule has 0 amide bonds. The first kappa shape index (κ1) is 18.4. The Morgan fingerprint density at radius 2 is 1.28 bits per heavy atom. The molecule has 5 rings (SSSR count). The number of nitrogens with zero attached hydrogens (tertiary/aromatic N) is 1. The topological polar surface area (TPSA) is 23.4 Å². The summed E-state index contributed by atoms with van der Waals surface area (Å²) in [6.07, 6.45) is 0. The van der Waals surface area contributed by atoms with Gasteiger partial charge < -0.3 is 13.9 Å². The van der Waals surface area contributed by atoms with E-state index in [9.17, 15) is 0 Å². The summed E-state index contributed by atoms with van der Waals surface area (Å²) in [7, 11) is -0.582. The summed E-state index contributed by atoms with van der Waals surface area (Å²) >= 11 is 0. The lowest BCUT2D eigenvalue weighted by Crippen LogP contribution is -2.41. The summed E-state index contributed by atoms with van der Waals surface area (Å²) in [5.41, 5.74) is 2.25. The third-order valence-corrected chi connectivity index (χ3v) is 6.32.